The zero-order valence-corrected chi connectivity index (χ0v) is 20.6. The van der Waals surface area contributed by atoms with Crippen LogP contribution in [-0.2, 0) is 21.9 Å². The van der Waals surface area contributed by atoms with Crippen LogP contribution >= 0.6 is 23.4 Å². The molecule has 31 heavy (non-hydrogen) atoms. The van der Waals surface area contributed by atoms with Crippen LogP contribution in [0.2, 0.25) is 5.02 Å². The van der Waals surface area contributed by atoms with Gasteiger partial charge in [-0.2, -0.15) is 0 Å². The fourth-order valence-corrected chi connectivity index (χ4v) is 4.38. The minimum atomic E-state index is -0.579. The summed E-state index contributed by atoms with van der Waals surface area (Å²) >= 11 is 7.90. The Labute approximate surface area is 195 Å². The fourth-order valence-electron chi connectivity index (χ4n) is 3.34. The standard InChI is InChI=1S/C25H33ClN2O2S/c1-17(2)13-27-25(30)20(5)28(14-22-8-6-7-9-23(22)26)24(29)16-31-15-21-11-18(3)10-19(4)12-21/h6-12,17,20H,13-16H2,1-5H3,(H,27,30). The molecule has 0 aliphatic carbocycles. The number of hydrogen-bond acceptors (Lipinski definition) is 3. The van der Waals surface area contributed by atoms with E-state index in [1.807, 2.05) is 32.0 Å². The number of halogens is 1. The molecule has 1 unspecified atom stereocenters. The van der Waals surface area contributed by atoms with Gasteiger partial charge in [0.25, 0.3) is 0 Å². The monoisotopic (exact) mass is 460 g/mol. The zero-order valence-electron chi connectivity index (χ0n) is 19.1. The van der Waals surface area contributed by atoms with Gasteiger partial charge in [-0.25, -0.2) is 0 Å². The molecule has 0 aliphatic rings. The summed E-state index contributed by atoms with van der Waals surface area (Å²) in [5.74, 6) is 1.19. The lowest BCUT2D eigenvalue weighted by Gasteiger charge is -2.29. The molecule has 2 rings (SSSR count). The van der Waals surface area contributed by atoms with Crippen molar-refractivity contribution < 1.29 is 9.59 Å². The number of carbonyl (C=O) groups is 2. The fraction of sp³-hybridized carbons (Fsp3) is 0.440. The molecule has 0 fully saturated rings. The summed E-state index contributed by atoms with van der Waals surface area (Å²) in [5, 5.41) is 3.53. The second kappa shape index (κ2) is 12.2. The third-order valence-corrected chi connectivity index (χ3v) is 6.28. The van der Waals surface area contributed by atoms with Crippen molar-refractivity contribution in [3.05, 3.63) is 69.7 Å². The molecule has 0 heterocycles. The number of rotatable bonds is 10. The molecule has 4 nitrogen and oxygen atoms in total. The van der Waals surface area contributed by atoms with Crippen molar-refractivity contribution in [1.82, 2.24) is 10.2 Å². The number of aryl methyl sites for hydroxylation is 2. The van der Waals surface area contributed by atoms with Gasteiger partial charge in [-0.05, 0) is 43.9 Å². The van der Waals surface area contributed by atoms with E-state index in [0.29, 0.717) is 29.8 Å². The number of benzene rings is 2. The molecule has 2 amide bonds. The van der Waals surface area contributed by atoms with Gasteiger partial charge < -0.3 is 10.2 Å². The summed E-state index contributed by atoms with van der Waals surface area (Å²) in [4.78, 5) is 27.5. The quantitative estimate of drug-likeness (QED) is 0.517. The highest BCUT2D eigenvalue weighted by Crippen LogP contribution is 2.21. The Morgan fingerprint density at radius 1 is 1.06 bits per heavy atom. The average molecular weight is 461 g/mol. The number of amides is 2. The summed E-state index contributed by atoms with van der Waals surface area (Å²) < 4.78 is 0. The zero-order chi connectivity index (χ0) is 23.0. The Bertz CT molecular complexity index is 881. The van der Waals surface area contributed by atoms with E-state index < -0.39 is 6.04 Å². The summed E-state index contributed by atoms with van der Waals surface area (Å²) in [6.45, 7) is 10.9. The Morgan fingerprint density at radius 3 is 2.32 bits per heavy atom. The van der Waals surface area contributed by atoms with Gasteiger partial charge >= 0.3 is 0 Å². The second-order valence-electron chi connectivity index (χ2n) is 8.42. The van der Waals surface area contributed by atoms with Crippen LogP contribution in [0.1, 0.15) is 43.0 Å². The lowest BCUT2D eigenvalue weighted by Crippen LogP contribution is -2.48. The van der Waals surface area contributed by atoms with E-state index in [2.05, 4.69) is 37.4 Å². The van der Waals surface area contributed by atoms with Crippen LogP contribution in [0.25, 0.3) is 0 Å². The molecule has 0 saturated heterocycles. The Kier molecular flexibility index (Phi) is 9.92. The van der Waals surface area contributed by atoms with Crippen LogP contribution in [0.4, 0.5) is 0 Å². The summed E-state index contributed by atoms with van der Waals surface area (Å²) in [5.41, 5.74) is 4.48. The van der Waals surface area contributed by atoms with Crippen molar-refractivity contribution in [2.24, 2.45) is 5.92 Å². The molecule has 168 valence electrons. The van der Waals surface area contributed by atoms with Crippen molar-refractivity contribution in [2.45, 2.75) is 53.0 Å². The number of carbonyl (C=O) groups excluding carboxylic acids is 2. The van der Waals surface area contributed by atoms with Crippen LogP contribution in [-0.4, -0.2) is 35.1 Å². The summed E-state index contributed by atoms with van der Waals surface area (Å²) in [7, 11) is 0. The first kappa shape index (κ1) is 25.3. The van der Waals surface area contributed by atoms with E-state index >= 15 is 0 Å². The van der Waals surface area contributed by atoms with Crippen LogP contribution in [0, 0.1) is 19.8 Å². The molecule has 6 heteroatoms. The van der Waals surface area contributed by atoms with Crippen LogP contribution in [0.15, 0.2) is 42.5 Å². The summed E-state index contributed by atoms with van der Waals surface area (Å²) in [6.07, 6.45) is 0. The molecule has 0 aromatic heterocycles. The molecular formula is C25H33ClN2O2S. The molecule has 0 aliphatic heterocycles. The van der Waals surface area contributed by atoms with Crippen LogP contribution < -0.4 is 5.32 Å². The van der Waals surface area contributed by atoms with Gasteiger partial charge in [0.05, 0.1) is 5.75 Å². The van der Waals surface area contributed by atoms with Crippen LogP contribution in [0.3, 0.4) is 0 Å². The normalized spacial score (nSPS) is 12.0. The topological polar surface area (TPSA) is 49.4 Å². The number of nitrogens with one attached hydrogen (secondary N) is 1. The van der Waals surface area contributed by atoms with Gasteiger partial charge in [0.15, 0.2) is 0 Å². The average Bonchev–Trinajstić information content (AvgIpc) is 2.70. The second-order valence-corrected chi connectivity index (χ2v) is 9.81. The van der Waals surface area contributed by atoms with E-state index in [4.69, 9.17) is 11.6 Å². The maximum Gasteiger partial charge on any atom is 0.242 e. The highest BCUT2D eigenvalue weighted by Gasteiger charge is 2.26. The minimum Gasteiger partial charge on any atom is -0.354 e. The maximum atomic E-state index is 13.1. The van der Waals surface area contributed by atoms with Crippen molar-refractivity contribution in [3.8, 4) is 0 Å². The molecule has 1 atom stereocenters. The molecular weight excluding hydrogens is 428 g/mol. The predicted molar refractivity (Wildman–Crippen MR) is 131 cm³/mol. The van der Waals surface area contributed by atoms with Gasteiger partial charge in [-0.1, -0.05) is 73.0 Å². The van der Waals surface area contributed by atoms with Crippen LogP contribution in [0.5, 0.6) is 0 Å². The molecule has 1 N–H and O–H groups in total. The first-order valence-corrected chi connectivity index (χ1v) is 12.2. The first-order valence-electron chi connectivity index (χ1n) is 10.6. The van der Waals surface area contributed by atoms with Gasteiger partial charge in [0, 0.05) is 23.9 Å². The number of hydrogen-bond donors (Lipinski definition) is 1. The summed E-state index contributed by atoms with van der Waals surface area (Å²) in [6, 6.07) is 13.3. The highest BCUT2D eigenvalue weighted by molar-refractivity contribution is 7.99. The van der Waals surface area contributed by atoms with Crippen molar-refractivity contribution >= 4 is 35.2 Å². The predicted octanol–water partition coefficient (Wildman–Crippen LogP) is 5.38. The van der Waals surface area contributed by atoms with E-state index in [1.54, 1.807) is 29.7 Å². The third kappa shape index (κ3) is 8.23. The largest absolute Gasteiger partial charge is 0.354 e. The lowest BCUT2D eigenvalue weighted by atomic mass is 10.1. The maximum absolute atomic E-state index is 13.1. The van der Waals surface area contributed by atoms with E-state index in [-0.39, 0.29) is 11.8 Å². The van der Waals surface area contributed by atoms with Crippen molar-refractivity contribution in [1.29, 1.82) is 0 Å². The Morgan fingerprint density at radius 2 is 1.71 bits per heavy atom. The lowest BCUT2D eigenvalue weighted by molar-refractivity contribution is -0.138. The van der Waals surface area contributed by atoms with Crippen molar-refractivity contribution in [2.75, 3.05) is 12.3 Å². The SMILES string of the molecule is Cc1cc(C)cc(CSCC(=O)N(Cc2ccccc2Cl)C(C)C(=O)NCC(C)C)c1. The Hall–Kier alpha value is -1.98. The molecule has 0 saturated carbocycles. The van der Waals surface area contributed by atoms with Crippen molar-refractivity contribution in [3.63, 3.8) is 0 Å². The molecule has 2 aromatic carbocycles. The molecule has 2 aromatic rings. The van der Waals surface area contributed by atoms with Gasteiger partial charge in [-0.15, -0.1) is 11.8 Å². The third-order valence-electron chi connectivity index (χ3n) is 4.93. The number of nitrogens with zero attached hydrogens (tertiary/aromatic N) is 1. The van der Waals surface area contributed by atoms with E-state index in [1.165, 1.54) is 16.7 Å². The van der Waals surface area contributed by atoms with E-state index in [0.717, 1.165) is 11.3 Å². The molecule has 0 bridgehead atoms. The van der Waals surface area contributed by atoms with Gasteiger partial charge in [-0.3, -0.25) is 9.59 Å². The van der Waals surface area contributed by atoms with E-state index in [9.17, 15) is 9.59 Å². The molecule has 0 radical (unpaired) electrons. The number of thioether (sulfide) groups is 1. The van der Waals surface area contributed by atoms with Gasteiger partial charge in [0.1, 0.15) is 6.04 Å². The van der Waals surface area contributed by atoms with Gasteiger partial charge in [0.2, 0.25) is 11.8 Å². The molecule has 0 spiro atoms. The Balaban J connectivity index is 2.09. The smallest absolute Gasteiger partial charge is 0.242 e. The first-order chi connectivity index (χ1) is 14.7. The highest BCUT2D eigenvalue weighted by atomic mass is 35.5. The minimum absolute atomic E-state index is 0.0681.